The summed E-state index contributed by atoms with van der Waals surface area (Å²) in [6, 6.07) is 8.61. The molecular weight excluding hydrogens is 248 g/mol. The number of nitrogens with two attached hydrogens (primary N) is 1. The Kier molecular flexibility index (Phi) is 4.14. The van der Waals surface area contributed by atoms with Crippen molar-refractivity contribution in [3.8, 4) is 0 Å². The Morgan fingerprint density at radius 1 is 1.35 bits per heavy atom. The smallest absolute Gasteiger partial charge is 0.134 e. The Bertz CT molecular complexity index is 599. The first-order valence-electron chi connectivity index (χ1n) is 6.98. The first kappa shape index (κ1) is 14.6. The molecule has 1 aromatic heterocycles. The van der Waals surface area contributed by atoms with Crippen molar-refractivity contribution >= 4 is 11.5 Å². The van der Waals surface area contributed by atoms with Crippen molar-refractivity contribution in [2.75, 3.05) is 11.9 Å². The zero-order valence-electron chi connectivity index (χ0n) is 13.0. The second-order valence-electron chi connectivity index (χ2n) is 5.59. The van der Waals surface area contributed by atoms with Crippen molar-refractivity contribution in [3.63, 3.8) is 0 Å². The quantitative estimate of drug-likeness (QED) is 0.931. The molecule has 1 aromatic carbocycles. The summed E-state index contributed by atoms with van der Waals surface area (Å²) in [7, 11) is 4.06. The van der Waals surface area contributed by atoms with Crippen molar-refractivity contribution in [1.82, 2.24) is 9.78 Å². The van der Waals surface area contributed by atoms with Gasteiger partial charge in [-0.05, 0) is 44.9 Å². The Balaban J connectivity index is 2.46. The lowest BCUT2D eigenvalue weighted by atomic mass is 10.1. The van der Waals surface area contributed by atoms with Crippen LogP contribution in [-0.2, 0) is 13.5 Å². The van der Waals surface area contributed by atoms with E-state index in [0.29, 0.717) is 0 Å². The molecule has 108 valence electrons. The molecule has 4 heteroatoms. The molecule has 1 unspecified atom stereocenters. The SMILES string of the molecule is Cc1cccc(N(C)c2c(CC(C)N)c(C)nn2C)c1. The highest BCUT2D eigenvalue weighted by molar-refractivity contribution is 5.64. The van der Waals surface area contributed by atoms with E-state index in [1.54, 1.807) is 0 Å². The molecule has 0 bridgehead atoms. The van der Waals surface area contributed by atoms with Crippen LogP contribution in [0.4, 0.5) is 11.5 Å². The Morgan fingerprint density at radius 2 is 2.05 bits per heavy atom. The molecule has 1 heterocycles. The molecule has 1 atom stereocenters. The van der Waals surface area contributed by atoms with Crippen LogP contribution >= 0.6 is 0 Å². The van der Waals surface area contributed by atoms with Crippen LogP contribution in [0.25, 0.3) is 0 Å². The average molecular weight is 272 g/mol. The summed E-state index contributed by atoms with van der Waals surface area (Å²) in [5.74, 6) is 1.12. The molecular formula is C16H24N4. The number of benzene rings is 1. The number of aryl methyl sites for hydroxylation is 3. The van der Waals surface area contributed by atoms with Crippen LogP contribution in [0.2, 0.25) is 0 Å². The van der Waals surface area contributed by atoms with Gasteiger partial charge in [0.05, 0.1) is 5.69 Å². The fraction of sp³-hybridized carbons (Fsp3) is 0.438. The van der Waals surface area contributed by atoms with Gasteiger partial charge in [0.2, 0.25) is 0 Å². The average Bonchev–Trinajstić information content (AvgIpc) is 2.63. The van der Waals surface area contributed by atoms with Crippen LogP contribution in [0.15, 0.2) is 24.3 Å². The van der Waals surface area contributed by atoms with Gasteiger partial charge in [0.1, 0.15) is 5.82 Å². The zero-order valence-corrected chi connectivity index (χ0v) is 13.0. The monoisotopic (exact) mass is 272 g/mol. The van der Waals surface area contributed by atoms with Crippen molar-refractivity contribution < 1.29 is 0 Å². The molecule has 2 rings (SSSR count). The predicted octanol–water partition coefficient (Wildman–Crippen LogP) is 2.69. The third-order valence-corrected chi connectivity index (χ3v) is 3.55. The summed E-state index contributed by atoms with van der Waals surface area (Å²) in [5.41, 5.74) is 10.7. The van der Waals surface area contributed by atoms with E-state index in [0.717, 1.165) is 17.9 Å². The molecule has 4 nitrogen and oxygen atoms in total. The minimum absolute atomic E-state index is 0.127. The maximum absolute atomic E-state index is 5.98. The van der Waals surface area contributed by atoms with E-state index < -0.39 is 0 Å². The van der Waals surface area contributed by atoms with Gasteiger partial charge in [-0.3, -0.25) is 4.68 Å². The summed E-state index contributed by atoms with van der Waals surface area (Å²) in [6.45, 7) is 6.18. The highest BCUT2D eigenvalue weighted by Crippen LogP contribution is 2.29. The topological polar surface area (TPSA) is 47.1 Å². The van der Waals surface area contributed by atoms with Crippen molar-refractivity contribution in [2.24, 2.45) is 12.8 Å². The fourth-order valence-electron chi connectivity index (χ4n) is 2.63. The van der Waals surface area contributed by atoms with Crippen molar-refractivity contribution in [2.45, 2.75) is 33.2 Å². The number of hydrogen-bond acceptors (Lipinski definition) is 3. The second-order valence-corrected chi connectivity index (χ2v) is 5.59. The highest BCUT2D eigenvalue weighted by Gasteiger charge is 2.18. The highest BCUT2D eigenvalue weighted by atomic mass is 15.4. The van der Waals surface area contributed by atoms with Gasteiger partial charge in [0.15, 0.2) is 0 Å². The molecule has 0 aliphatic rings. The summed E-state index contributed by atoms with van der Waals surface area (Å²) < 4.78 is 1.94. The standard InChI is InChI=1S/C16H24N4/c1-11-7-6-8-14(9-11)19(4)16-15(10-12(2)17)13(3)18-20(16)5/h6-9,12H,10,17H2,1-5H3. The van der Waals surface area contributed by atoms with E-state index in [9.17, 15) is 0 Å². The third-order valence-electron chi connectivity index (χ3n) is 3.55. The van der Waals surface area contributed by atoms with Crippen LogP contribution in [-0.4, -0.2) is 22.9 Å². The van der Waals surface area contributed by atoms with Crippen LogP contribution < -0.4 is 10.6 Å². The molecule has 0 aliphatic carbocycles. The summed E-state index contributed by atoms with van der Waals surface area (Å²) in [4.78, 5) is 2.19. The summed E-state index contributed by atoms with van der Waals surface area (Å²) in [6.07, 6.45) is 0.838. The van der Waals surface area contributed by atoms with Gasteiger partial charge in [0.25, 0.3) is 0 Å². The van der Waals surface area contributed by atoms with Crippen molar-refractivity contribution in [3.05, 3.63) is 41.1 Å². The first-order chi connectivity index (χ1) is 9.40. The lowest BCUT2D eigenvalue weighted by Gasteiger charge is -2.22. The number of hydrogen-bond donors (Lipinski definition) is 1. The molecule has 20 heavy (non-hydrogen) atoms. The Morgan fingerprint density at radius 3 is 2.65 bits per heavy atom. The van der Waals surface area contributed by atoms with Crippen LogP contribution in [0.3, 0.4) is 0 Å². The van der Waals surface area contributed by atoms with Crippen molar-refractivity contribution in [1.29, 1.82) is 0 Å². The molecule has 0 spiro atoms. The van der Waals surface area contributed by atoms with Crippen LogP contribution in [0, 0.1) is 13.8 Å². The van der Waals surface area contributed by atoms with E-state index in [2.05, 4.69) is 48.2 Å². The van der Waals surface area contributed by atoms with E-state index in [-0.39, 0.29) is 6.04 Å². The van der Waals surface area contributed by atoms with Gasteiger partial charge >= 0.3 is 0 Å². The van der Waals surface area contributed by atoms with E-state index in [4.69, 9.17) is 5.73 Å². The summed E-state index contributed by atoms with van der Waals surface area (Å²) >= 11 is 0. The lowest BCUT2D eigenvalue weighted by molar-refractivity contribution is 0.731. The van der Waals surface area contributed by atoms with Crippen LogP contribution in [0.5, 0.6) is 0 Å². The second kappa shape index (κ2) is 5.67. The van der Waals surface area contributed by atoms with Gasteiger partial charge in [0, 0.05) is 31.4 Å². The van der Waals surface area contributed by atoms with Gasteiger partial charge in [-0.25, -0.2) is 0 Å². The number of anilines is 2. The number of rotatable bonds is 4. The molecule has 0 aliphatic heterocycles. The maximum atomic E-state index is 5.98. The van der Waals surface area contributed by atoms with E-state index >= 15 is 0 Å². The number of nitrogens with zero attached hydrogens (tertiary/aromatic N) is 3. The molecule has 0 fully saturated rings. The first-order valence-corrected chi connectivity index (χ1v) is 6.98. The molecule has 2 N–H and O–H groups in total. The lowest BCUT2D eigenvalue weighted by Crippen LogP contribution is -2.21. The predicted molar refractivity (Wildman–Crippen MR) is 84.5 cm³/mol. The summed E-state index contributed by atoms with van der Waals surface area (Å²) in [5, 5.41) is 4.55. The fourth-order valence-corrected chi connectivity index (χ4v) is 2.63. The molecule has 0 radical (unpaired) electrons. The Labute approximate surface area is 121 Å². The largest absolute Gasteiger partial charge is 0.329 e. The molecule has 0 saturated heterocycles. The van der Waals surface area contributed by atoms with Gasteiger partial charge in [-0.1, -0.05) is 12.1 Å². The van der Waals surface area contributed by atoms with Gasteiger partial charge in [-0.2, -0.15) is 5.10 Å². The minimum Gasteiger partial charge on any atom is -0.329 e. The number of aromatic nitrogens is 2. The molecule has 0 saturated carbocycles. The molecule has 2 aromatic rings. The molecule has 0 amide bonds. The Hall–Kier alpha value is -1.81. The van der Waals surface area contributed by atoms with Gasteiger partial charge < -0.3 is 10.6 Å². The minimum atomic E-state index is 0.127. The van der Waals surface area contributed by atoms with E-state index in [1.807, 2.05) is 25.6 Å². The zero-order chi connectivity index (χ0) is 14.9. The van der Waals surface area contributed by atoms with Gasteiger partial charge in [-0.15, -0.1) is 0 Å². The van der Waals surface area contributed by atoms with Crippen LogP contribution in [0.1, 0.15) is 23.7 Å². The third kappa shape index (κ3) is 2.85. The maximum Gasteiger partial charge on any atom is 0.134 e. The van der Waals surface area contributed by atoms with E-state index in [1.165, 1.54) is 16.8 Å². The normalized spacial score (nSPS) is 12.5.